The lowest BCUT2D eigenvalue weighted by atomic mass is 9.99. The van der Waals surface area contributed by atoms with Crippen LogP contribution in [0.5, 0.6) is 23.0 Å². The zero-order valence-corrected chi connectivity index (χ0v) is 19.7. The first-order chi connectivity index (χ1) is 16.1. The fourth-order valence-electron chi connectivity index (χ4n) is 3.66. The lowest BCUT2D eigenvalue weighted by Gasteiger charge is -2.29. The Morgan fingerprint density at radius 2 is 1.61 bits per heavy atom. The van der Waals surface area contributed by atoms with Crippen LogP contribution in [0.25, 0.3) is 11.5 Å². The van der Waals surface area contributed by atoms with Crippen LogP contribution in [0.4, 0.5) is 0 Å². The van der Waals surface area contributed by atoms with Gasteiger partial charge in [-0.15, -0.1) is 10.2 Å². The number of hydrogen-bond donors (Lipinski definition) is 0. The number of aromatic nitrogens is 2. The van der Waals surface area contributed by atoms with E-state index in [2.05, 4.69) is 10.2 Å². The number of carbonyl (C=O) groups excluding carboxylic acids is 1. The Bertz CT molecular complexity index is 1150. The molecule has 4 rings (SSSR count). The van der Waals surface area contributed by atoms with Crippen LogP contribution in [-0.4, -0.2) is 61.7 Å². The van der Waals surface area contributed by atoms with E-state index in [0.717, 1.165) is 12.0 Å². The molecule has 2 aromatic carbocycles. The van der Waals surface area contributed by atoms with E-state index in [9.17, 15) is 4.79 Å². The predicted molar refractivity (Wildman–Crippen MR) is 122 cm³/mol. The smallest absolute Gasteiger partial charge is 0.277 e. The third-order valence-electron chi connectivity index (χ3n) is 5.43. The summed E-state index contributed by atoms with van der Waals surface area (Å²) in [4.78, 5) is 14.6. The normalized spacial score (nSPS) is 12.8. The third kappa shape index (κ3) is 4.85. The van der Waals surface area contributed by atoms with Gasteiger partial charge in [-0.25, -0.2) is 0 Å². The second kappa shape index (κ2) is 10.0. The van der Waals surface area contributed by atoms with Gasteiger partial charge in [0.2, 0.25) is 11.8 Å². The van der Waals surface area contributed by atoms with Crippen LogP contribution in [-0.2, 0) is 17.8 Å². The number of nitrogens with zero attached hydrogens (tertiary/aromatic N) is 3. The topological polar surface area (TPSA) is 96.2 Å². The Labute approximate surface area is 196 Å². The first kappa shape index (κ1) is 22.8. The maximum atomic E-state index is 12.8. The summed E-state index contributed by atoms with van der Waals surface area (Å²) < 4.78 is 27.1. The van der Waals surface area contributed by atoms with Crippen LogP contribution in [0.1, 0.15) is 11.1 Å². The molecule has 174 valence electrons. The Hall–Kier alpha value is -3.40. The molecule has 0 unspecified atom stereocenters. The molecule has 0 saturated carbocycles. The molecule has 0 bridgehead atoms. The molecule has 10 heteroatoms. The van der Waals surface area contributed by atoms with Gasteiger partial charge in [0, 0.05) is 18.7 Å². The summed E-state index contributed by atoms with van der Waals surface area (Å²) in [5.41, 5.74) is 2.93. The highest BCUT2D eigenvalue weighted by molar-refractivity contribution is 7.99. The highest BCUT2D eigenvalue weighted by atomic mass is 32.2. The molecule has 3 aromatic rings. The van der Waals surface area contributed by atoms with E-state index < -0.39 is 0 Å². The van der Waals surface area contributed by atoms with Crippen molar-refractivity contribution >= 4 is 17.7 Å². The van der Waals surface area contributed by atoms with E-state index in [4.69, 9.17) is 23.4 Å². The van der Waals surface area contributed by atoms with Crippen molar-refractivity contribution < 1.29 is 28.2 Å². The minimum Gasteiger partial charge on any atom is -0.493 e. The standard InChI is InChI=1S/C23H25N3O6S/c1-28-17-6-5-15(10-18(17)29-2)22-24-25-23(32-22)33-13-21(27)26-8-7-14-9-19(30-3)20(31-4)11-16(14)12-26/h5-6,9-11H,7-8,12-13H2,1-4H3. The van der Waals surface area contributed by atoms with Crippen molar-refractivity contribution in [3.63, 3.8) is 0 Å². The Balaban J connectivity index is 1.39. The molecular formula is C23H25N3O6S. The first-order valence-corrected chi connectivity index (χ1v) is 11.2. The van der Waals surface area contributed by atoms with E-state index >= 15 is 0 Å². The Kier molecular flexibility index (Phi) is 6.93. The molecular weight excluding hydrogens is 446 g/mol. The number of rotatable bonds is 8. The highest BCUT2D eigenvalue weighted by Crippen LogP contribution is 2.34. The van der Waals surface area contributed by atoms with Crippen molar-refractivity contribution in [3.05, 3.63) is 41.5 Å². The van der Waals surface area contributed by atoms with Gasteiger partial charge in [0.1, 0.15) is 0 Å². The number of amides is 1. The van der Waals surface area contributed by atoms with Crippen molar-refractivity contribution in [2.75, 3.05) is 40.7 Å². The van der Waals surface area contributed by atoms with Crippen LogP contribution < -0.4 is 18.9 Å². The zero-order chi connectivity index (χ0) is 23.4. The number of methoxy groups -OCH3 is 4. The fraction of sp³-hybridized carbons (Fsp3) is 0.348. The molecule has 33 heavy (non-hydrogen) atoms. The van der Waals surface area contributed by atoms with Crippen LogP contribution in [0.3, 0.4) is 0 Å². The van der Waals surface area contributed by atoms with Crippen LogP contribution >= 0.6 is 11.8 Å². The van der Waals surface area contributed by atoms with Crippen molar-refractivity contribution in [1.82, 2.24) is 15.1 Å². The predicted octanol–water partition coefficient (Wildman–Crippen LogP) is 3.45. The van der Waals surface area contributed by atoms with Gasteiger partial charge in [-0.2, -0.15) is 0 Å². The quantitative estimate of drug-likeness (QED) is 0.458. The van der Waals surface area contributed by atoms with Crippen molar-refractivity contribution in [1.29, 1.82) is 0 Å². The van der Waals surface area contributed by atoms with Gasteiger partial charge in [-0.05, 0) is 47.9 Å². The van der Waals surface area contributed by atoms with Gasteiger partial charge in [-0.1, -0.05) is 11.8 Å². The summed E-state index contributed by atoms with van der Waals surface area (Å²) in [6, 6.07) is 9.27. The minimum absolute atomic E-state index is 0.00583. The molecule has 1 amide bonds. The average Bonchev–Trinajstić information content (AvgIpc) is 3.34. The van der Waals surface area contributed by atoms with Gasteiger partial charge < -0.3 is 28.3 Å². The number of benzene rings is 2. The van der Waals surface area contributed by atoms with E-state index in [-0.39, 0.29) is 11.7 Å². The Morgan fingerprint density at radius 1 is 0.939 bits per heavy atom. The van der Waals surface area contributed by atoms with Crippen molar-refractivity contribution in [2.45, 2.75) is 18.2 Å². The number of carbonyl (C=O) groups is 1. The molecule has 0 spiro atoms. The summed E-state index contributed by atoms with van der Waals surface area (Å²) >= 11 is 1.22. The Morgan fingerprint density at radius 3 is 2.30 bits per heavy atom. The summed E-state index contributed by atoms with van der Waals surface area (Å²) in [7, 11) is 6.36. The molecule has 1 aromatic heterocycles. The molecule has 9 nitrogen and oxygen atoms in total. The molecule has 1 aliphatic heterocycles. The SMILES string of the molecule is COc1ccc(-c2nnc(SCC(=O)N3CCc4cc(OC)c(OC)cc4C3)o2)cc1OC. The van der Waals surface area contributed by atoms with Gasteiger partial charge in [0.05, 0.1) is 34.2 Å². The third-order valence-corrected chi connectivity index (χ3v) is 6.23. The van der Waals surface area contributed by atoms with Crippen LogP contribution in [0.15, 0.2) is 40.0 Å². The molecule has 0 fully saturated rings. The van der Waals surface area contributed by atoms with Crippen LogP contribution in [0, 0.1) is 0 Å². The number of hydrogen-bond acceptors (Lipinski definition) is 9. The molecule has 0 saturated heterocycles. The largest absolute Gasteiger partial charge is 0.493 e. The summed E-state index contributed by atoms with van der Waals surface area (Å²) in [6.45, 7) is 1.17. The minimum atomic E-state index is 0.00583. The van der Waals surface area contributed by atoms with E-state index in [1.54, 1.807) is 40.6 Å². The summed E-state index contributed by atoms with van der Waals surface area (Å²) in [5.74, 6) is 3.10. The number of thioether (sulfide) groups is 1. The van der Waals surface area contributed by atoms with Crippen molar-refractivity contribution in [3.8, 4) is 34.5 Å². The van der Waals surface area contributed by atoms with E-state index in [0.29, 0.717) is 52.8 Å². The first-order valence-electron chi connectivity index (χ1n) is 10.3. The maximum absolute atomic E-state index is 12.8. The second-order valence-electron chi connectivity index (χ2n) is 7.27. The highest BCUT2D eigenvalue weighted by Gasteiger charge is 2.23. The van der Waals surface area contributed by atoms with Gasteiger partial charge in [-0.3, -0.25) is 4.79 Å². The maximum Gasteiger partial charge on any atom is 0.277 e. The molecule has 0 aliphatic carbocycles. The van der Waals surface area contributed by atoms with Crippen LogP contribution in [0.2, 0.25) is 0 Å². The number of fused-ring (bicyclic) bond motifs is 1. The summed E-state index contributed by atoms with van der Waals surface area (Å²) in [5, 5.41) is 8.48. The molecule has 2 heterocycles. The lowest BCUT2D eigenvalue weighted by Crippen LogP contribution is -2.37. The lowest BCUT2D eigenvalue weighted by molar-refractivity contribution is -0.129. The zero-order valence-electron chi connectivity index (χ0n) is 18.9. The molecule has 0 radical (unpaired) electrons. The average molecular weight is 472 g/mol. The molecule has 1 aliphatic rings. The van der Waals surface area contributed by atoms with Gasteiger partial charge in [0.15, 0.2) is 23.0 Å². The second-order valence-corrected chi connectivity index (χ2v) is 8.20. The van der Waals surface area contributed by atoms with E-state index in [1.165, 1.54) is 17.3 Å². The number of ether oxygens (including phenoxy) is 4. The molecule has 0 atom stereocenters. The van der Waals surface area contributed by atoms with Crippen molar-refractivity contribution in [2.24, 2.45) is 0 Å². The van der Waals surface area contributed by atoms with Gasteiger partial charge >= 0.3 is 0 Å². The monoisotopic (exact) mass is 471 g/mol. The fourth-order valence-corrected chi connectivity index (χ4v) is 4.33. The summed E-state index contributed by atoms with van der Waals surface area (Å²) in [6.07, 6.45) is 0.760. The molecule has 0 N–H and O–H groups in total. The van der Waals surface area contributed by atoms with Gasteiger partial charge in [0.25, 0.3) is 5.22 Å². The van der Waals surface area contributed by atoms with E-state index in [1.807, 2.05) is 23.1 Å².